The number of amides is 1. The van der Waals surface area contributed by atoms with Crippen LogP contribution in [-0.2, 0) is 0 Å². The van der Waals surface area contributed by atoms with Crippen molar-refractivity contribution in [3.63, 3.8) is 0 Å². The molecule has 3 rings (SSSR count). The van der Waals surface area contributed by atoms with E-state index in [1.54, 1.807) is 18.3 Å². The predicted octanol–water partition coefficient (Wildman–Crippen LogP) is 0.740. The number of nitrogens with zero attached hydrogens (tertiary/aromatic N) is 2. The molecule has 2 heterocycles. The first-order chi connectivity index (χ1) is 10.1. The fourth-order valence-corrected chi connectivity index (χ4v) is 2.29. The average Bonchev–Trinajstić information content (AvgIpc) is 2.65. The van der Waals surface area contributed by atoms with Gasteiger partial charge in [0.25, 0.3) is 5.91 Å². The summed E-state index contributed by atoms with van der Waals surface area (Å²) in [7, 11) is 3.91. The van der Waals surface area contributed by atoms with Crippen LogP contribution in [0.2, 0.25) is 0 Å². The van der Waals surface area contributed by atoms with Gasteiger partial charge in [-0.3, -0.25) is 9.69 Å². The topological polar surface area (TPSA) is 86.5 Å². The lowest BCUT2D eigenvalue weighted by Gasteiger charge is -2.02. The molecule has 4 N–H and O–H groups in total. The summed E-state index contributed by atoms with van der Waals surface area (Å²) in [6, 6.07) is 3.45. The molecule has 2 aromatic rings. The molecule has 0 saturated heterocycles. The van der Waals surface area contributed by atoms with Gasteiger partial charge in [0.15, 0.2) is 0 Å². The van der Waals surface area contributed by atoms with Crippen LogP contribution in [0.15, 0.2) is 17.2 Å². The van der Waals surface area contributed by atoms with Crippen molar-refractivity contribution in [3.8, 4) is 11.8 Å². The van der Waals surface area contributed by atoms with E-state index in [4.69, 9.17) is 5.73 Å². The highest BCUT2D eigenvalue weighted by Crippen LogP contribution is 2.28. The van der Waals surface area contributed by atoms with E-state index in [1.807, 2.05) is 19.0 Å². The molecule has 6 nitrogen and oxygen atoms in total. The molecule has 106 valence electrons. The molecule has 0 atom stereocenters. The predicted molar refractivity (Wildman–Crippen MR) is 83.2 cm³/mol. The maximum Gasteiger partial charge on any atom is 0.272 e. The van der Waals surface area contributed by atoms with Crippen LogP contribution in [0.1, 0.15) is 21.6 Å². The molecule has 1 aliphatic heterocycles. The lowest BCUT2D eigenvalue weighted by Crippen LogP contribution is -2.16. The number of hydrogen-bond donors (Lipinski definition) is 3. The largest absolute Gasteiger partial charge is 0.399 e. The summed E-state index contributed by atoms with van der Waals surface area (Å²) < 4.78 is 0. The van der Waals surface area contributed by atoms with Gasteiger partial charge < -0.3 is 10.7 Å². The van der Waals surface area contributed by atoms with Gasteiger partial charge in [0.05, 0.1) is 24.0 Å². The molecule has 0 saturated carbocycles. The summed E-state index contributed by atoms with van der Waals surface area (Å²) in [6.07, 6.45) is 1.61. The van der Waals surface area contributed by atoms with Gasteiger partial charge in [-0.05, 0) is 32.1 Å². The third kappa shape index (κ3) is 2.35. The SMILES string of the molecule is CN(C)CC#Cc1[nH]c2cc(N)cc3c2c1C=NNC3=O. The fraction of sp³-hybridized carbons (Fsp3) is 0.200. The number of benzene rings is 1. The van der Waals surface area contributed by atoms with E-state index >= 15 is 0 Å². The lowest BCUT2D eigenvalue weighted by molar-refractivity contribution is 0.0957. The average molecular weight is 281 g/mol. The van der Waals surface area contributed by atoms with Gasteiger partial charge in [0.2, 0.25) is 0 Å². The maximum atomic E-state index is 12.0. The molecule has 6 heteroatoms. The molecule has 1 aromatic heterocycles. The molecule has 1 aliphatic rings. The number of hydrazone groups is 1. The first-order valence-electron chi connectivity index (χ1n) is 6.48. The zero-order valence-corrected chi connectivity index (χ0v) is 11.8. The van der Waals surface area contributed by atoms with Crippen molar-refractivity contribution in [1.82, 2.24) is 15.3 Å². The Morgan fingerprint density at radius 1 is 1.38 bits per heavy atom. The molecule has 1 amide bonds. The maximum absolute atomic E-state index is 12.0. The van der Waals surface area contributed by atoms with Gasteiger partial charge in [-0.1, -0.05) is 5.92 Å². The quantitative estimate of drug-likeness (QED) is 0.532. The summed E-state index contributed by atoms with van der Waals surface area (Å²) in [5, 5.41) is 4.74. The smallest absolute Gasteiger partial charge is 0.272 e. The van der Waals surface area contributed by atoms with Gasteiger partial charge in [0.1, 0.15) is 0 Å². The van der Waals surface area contributed by atoms with Crippen molar-refractivity contribution in [2.24, 2.45) is 5.10 Å². The third-order valence-electron chi connectivity index (χ3n) is 3.17. The number of nitrogens with one attached hydrogen (secondary N) is 2. The number of H-pyrrole nitrogens is 1. The van der Waals surface area contributed by atoms with Gasteiger partial charge in [-0.15, -0.1) is 0 Å². The van der Waals surface area contributed by atoms with Crippen LogP contribution in [0, 0.1) is 11.8 Å². The number of rotatable bonds is 1. The lowest BCUT2D eigenvalue weighted by atomic mass is 10.0. The van der Waals surface area contributed by atoms with Crippen LogP contribution >= 0.6 is 0 Å². The van der Waals surface area contributed by atoms with Crippen molar-refractivity contribution in [2.75, 3.05) is 26.4 Å². The molecular weight excluding hydrogens is 266 g/mol. The van der Waals surface area contributed by atoms with E-state index in [0.29, 0.717) is 17.8 Å². The van der Waals surface area contributed by atoms with Crippen LogP contribution in [0.5, 0.6) is 0 Å². The Kier molecular flexibility index (Phi) is 3.12. The Labute approximate surface area is 122 Å². The van der Waals surface area contributed by atoms with E-state index in [0.717, 1.165) is 22.2 Å². The normalized spacial score (nSPS) is 13.0. The summed E-state index contributed by atoms with van der Waals surface area (Å²) in [5.41, 5.74) is 11.7. The number of anilines is 1. The summed E-state index contributed by atoms with van der Waals surface area (Å²) in [4.78, 5) is 17.2. The minimum absolute atomic E-state index is 0.269. The van der Waals surface area contributed by atoms with Gasteiger partial charge in [-0.2, -0.15) is 5.10 Å². The second-order valence-electron chi connectivity index (χ2n) is 5.14. The van der Waals surface area contributed by atoms with E-state index < -0.39 is 0 Å². The summed E-state index contributed by atoms with van der Waals surface area (Å²) in [5.74, 6) is 5.89. The van der Waals surface area contributed by atoms with Crippen LogP contribution in [0.25, 0.3) is 10.9 Å². The number of carbonyl (C=O) groups is 1. The molecular formula is C15H15N5O. The fourth-order valence-electron chi connectivity index (χ4n) is 2.29. The molecule has 0 bridgehead atoms. The van der Waals surface area contributed by atoms with E-state index in [2.05, 4.69) is 27.4 Å². The highest BCUT2D eigenvalue weighted by Gasteiger charge is 2.20. The number of nitrogen functional groups attached to an aromatic ring is 1. The Hall–Kier alpha value is -2.78. The second kappa shape index (κ2) is 4.96. The molecule has 0 fully saturated rings. The first kappa shape index (κ1) is 13.2. The minimum atomic E-state index is -0.269. The standard InChI is InChI=1S/C15H15N5O/c1-20(2)5-3-4-12-11-8-17-19-15(21)10-6-9(16)7-13(18-12)14(10)11/h6-8,18H,5,16H2,1-2H3,(H,19,21). The zero-order valence-electron chi connectivity index (χ0n) is 11.8. The first-order valence-corrected chi connectivity index (χ1v) is 6.48. The second-order valence-corrected chi connectivity index (χ2v) is 5.14. The summed E-state index contributed by atoms with van der Waals surface area (Å²) >= 11 is 0. The van der Waals surface area contributed by atoms with Crippen molar-refractivity contribution >= 4 is 28.7 Å². The third-order valence-corrected chi connectivity index (χ3v) is 3.17. The van der Waals surface area contributed by atoms with Gasteiger partial charge >= 0.3 is 0 Å². The molecule has 0 radical (unpaired) electrons. The van der Waals surface area contributed by atoms with Crippen molar-refractivity contribution in [2.45, 2.75) is 0 Å². The van der Waals surface area contributed by atoms with E-state index in [9.17, 15) is 4.79 Å². The van der Waals surface area contributed by atoms with E-state index in [-0.39, 0.29) is 5.91 Å². The highest BCUT2D eigenvalue weighted by atomic mass is 16.2. The highest BCUT2D eigenvalue weighted by molar-refractivity contribution is 6.16. The number of aromatic amines is 1. The van der Waals surface area contributed by atoms with Crippen molar-refractivity contribution in [3.05, 3.63) is 29.0 Å². The van der Waals surface area contributed by atoms with E-state index in [1.165, 1.54) is 0 Å². The number of hydrogen-bond acceptors (Lipinski definition) is 4. The van der Waals surface area contributed by atoms with Gasteiger partial charge in [-0.25, -0.2) is 5.43 Å². The molecule has 0 aliphatic carbocycles. The number of carbonyl (C=O) groups excluding carboxylic acids is 1. The van der Waals surface area contributed by atoms with Crippen molar-refractivity contribution < 1.29 is 4.79 Å². The molecule has 21 heavy (non-hydrogen) atoms. The molecule has 1 aromatic carbocycles. The molecule has 0 unspecified atom stereocenters. The number of aromatic nitrogens is 1. The Bertz CT molecular complexity index is 820. The van der Waals surface area contributed by atoms with Crippen LogP contribution < -0.4 is 11.2 Å². The Balaban J connectivity index is 2.22. The van der Waals surface area contributed by atoms with Crippen LogP contribution in [0.4, 0.5) is 5.69 Å². The summed E-state index contributed by atoms with van der Waals surface area (Å²) in [6.45, 7) is 0.651. The van der Waals surface area contributed by atoms with Gasteiger partial charge in [0, 0.05) is 22.2 Å². The van der Waals surface area contributed by atoms with Crippen LogP contribution in [0.3, 0.4) is 0 Å². The van der Waals surface area contributed by atoms with Crippen LogP contribution in [-0.4, -0.2) is 42.6 Å². The zero-order chi connectivity index (χ0) is 15.0. The molecule has 0 spiro atoms. The monoisotopic (exact) mass is 281 g/mol. The minimum Gasteiger partial charge on any atom is -0.399 e. The number of nitrogens with two attached hydrogens (primary N) is 1. The van der Waals surface area contributed by atoms with Crippen molar-refractivity contribution in [1.29, 1.82) is 0 Å². The Morgan fingerprint density at radius 2 is 2.19 bits per heavy atom. The Morgan fingerprint density at radius 3 is 2.95 bits per heavy atom.